The van der Waals surface area contributed by atoms with E-state index in [1.165, 1.54) is 25.9 Å². The number of rotatable bonds is 7. The smallest absolute Gasteiger partial charge is 0.191 e. The maximum absolute atomic E-state index is 5.35. The molecule has 0 bridgehead atoms. The van der Waals surface area contributed by atoms with Gasteiger partial charge in [-0.3, -0.25) is 4.99 Å². The van der Waals surface area contributed by atoms with Crippen molar-refractivity contribution in [2.24, 2.45) is 10.9 Å². The van der Waals surface area contributed by atoms with E-state index in [0.717, 1.165) is 42.0 Å². The molecule has 0 aromatic heterocycles. The Hall–Kier alpha value is -1.95. The molecule has 1 heterocycles. The fraction of sp³-hybridized carbons (Fsp3) is 0.632. The lowest BCUT2D eigenvalue weighted by molar-refractivity contribution is 0.195. The normalized spacial score (nSPS) is 16.6. The van der Waals surface area contributed by atoms with E-state index in [2.05, 4.69) is 27.4 Å². The highest BCUT2D eigenvalue weighted by molar-refractivity contribution is 5.79. The van der Waals surface area contributed by atoms with Crippen molar-refractivity contribution >= 4 is 5.96 Å². The van der Waals surface area contributed by atoms with Crippen LogP contribution in [0.25, 0.3) is 0 Å². The van der Waals surface area contributed by atoms with Crippen LogP contribution in [0.3, 0.4) is 0 Å². The minimum absolute atomic E-state index is 0.682. The Balaban J connectivity index is 1.75. The predicted molar refractivity (Wildman–Crippen MR) is 103 cm³/mol. The van der Waals surface area contributed by atoms with Crippen LogP contribution in [-0.2, 0) is 6.54 Å². The molecule has 6 heteroatoms. The van der Waals surface area contributed by atoms with Crippen molar-refractivity contribution < 1.29 is 9.47 Å². The quantitative estimate of drug-likeness (QED) is 0.584. The lowest BCUT2D eigenvalue weighted by Gasteiger charge is -2.30. The third-order valence-electron chi connectivity index (χ3n) is 4.73. The average molecular weight is 348 g/mol. The molecule has 1 fully saturated rings. The van der Waals surface area contributed by atoms with E-state index in [1.54, 1.807) is 21.3 Å². The van der Waals surface area contributed by atoms with Gasteiger partial charge in [0.2, 0.25) is 0 Å². The average Bonchev–Trinajstić information content (AvgIpc) is 2.65. The summed E-state index contributed by atoms with van der Waals surface area (Å²) in [6.45, 7) is 7.40. The standard InChI is InChI=1S/C19H32N4O2/c1-15-7-10-23(11-8-15)12-9-21-19(20-2)22-14-16-5-6-17(24-3)18(13-16)25-4/h5-6,13,15H,7-12,14H2,1-4H3,(H2,20,21,22). The number of hydrogen-bond donors (Lipinski definition) is 2. The van der Waals surface area contributed by atoms with Gasteiger partial charge in [0.25, 0.3) is 0 Å². The van der Waals surface area contributed by atoms with E-state index < -0.39 is 0 Å². The minimum Gasteiger partial charge on any atom is -0.493 e. The summed E-state index contributed by atoms with van der Waals surface area (Å²) in [6.07, 6.45) is 2.62. The second-order valence-electron chi connectivity index (χ2n) is 6.57. The summed E-state index contributed by atoms with van der Waals surface area (Å²) in [7, 11) is 5.09. The Labute approximate surface area is 151 Å². The second-order valence-corrected chi connectivity index (χ2v) is 6.57. The van der Waals surface area contributed by atoms with Crippen LogP contribution in [0.1, 0.15) is 25.3 Å². The summed E-state index contributed by atoms with van der Waals surface area (Å²) in [4.78, 5) is 6.82. The number of likely N-dealkylation sites (tertiary alicyclic amines) is 1. The summed E-state index contributed by atoms with van der Waals surface area (Å²) in [5.74, 6) is 3.17. The molecule has 0 spiro atoms. The van der Waals surface area contributed by atoms with Crippen molar-refractivity contribution in [3.63, 3.8) is 0 Å². The number of nitrogens with zero attached hydrogens (tertiary/aromatic N) is 2. The van der Waals surface area contributed by atoms with Gasteiger partial charge in [0.15, 0.2) is 17.5 Å². The number of benzene rings is 1. The van der Waals surface area contributed by atoms with Crippen molar-refractivity contribution in [1.82, 2.24) is 15.5 Å². The van der Waals surface area contributed by atoms with Crippen LogP contribution >= 0.6 is 0 Å². The lowest BCUT2D eigenvalue weighted by Crippen LogP contribution is -2.43. The maximum Gasteiger partial charge on any atom is 0.191 e. The SMILES string of the molecule is CN=C(NCCN1CCC(C)CC1)NCc1ccc(OC)c(OC)c1. The number of piperidine rings is 1. The molecule has 0 saturated carbocycles. The molecule has 6 nitrogen and oxygen atoms in total. The Kier molecular flexibility index (Phi) is 7.85. The second kappa shape index (κ2) is 10.1. The van der Waals surface area contributed by atoms with Gasteiger partial charge in [-0.2, -0.15) is 0 Å². The van der Waals surface area contributed by atoms with Gasteiger partial charge in [0, 0.05) is 26.7 Å². The first kappa shape index (κ1) is 19.4. The fourth-order valence-corrected chi connectivity index (χ4v) is 3.02. The zero-order chi connectivity index (χ0) is 18.1. The first-order valence-electron chi connectivity index (χ1n) is 9.04. The van der Waals surface area contributed by atoms with Gasteiger partial charge in [0.05, 0.1) is 14.2 Å². The van der Waals surface area contributed by atoms with Crippen LogP contribution in [0, 0.1) is 5.92 Å². The first-order valence-corrected chi connectivity index (χ1v) is 9.04. The maximum atomic E-state index is 5.35. The van der Waals surface area contributed by atoms with E-state index >= 15 is 0 Å². The van der Waals surface area contributed by atoms with E-state index in [-0.39, 0.29) is 0 Å². The molecule has 2 rings (SSSR count). The number of hydrogen-bond acceptors (Lipinski definition) is 4. The topological polar surface area (TPSA) is 58.1 Å². The van der Waals surface area contributed by atoms with Crippen LogP contribution in [0.4, 0.5) is 0 Å². The van der Waals surface area contributed by atoms with Crippen LogP contribution in [0.2, 0.25) is 0 Å². The van der Waals surface area contributed by atoms with Crippen LogP contribution in [0.5, 0.6) is 11.5 Å². The molecule has 0 unspecified atom stereocenters. The predicted octanol–water partition coefficient (Wildman–Crippen LogP) is 2.10. The zero-order valence-corrected chi connectivity index (χ0v) is 16.0. The van der Waals surface area contributed by atoms with Gasteiger partial charge in [-0.05, 0) is 49.5 Å². The van der Waals surface area contributed by atoms with Crippen molar-refractivity contribution in [2.45, 2.75) is 26.3 Å². The van der Waals surface area contributed by atoms with Gasteiger partial charge < -0.3 is 25.0 Å². The molecule has 1 saturated heterocycles. The van der Waals surface area contributed by atoms with E-state index in [0.29, 0.717) is 6.54 Å². The number of methoxy groups -OCH3 is 2. The van der Waals surface area contributed by atoms with Crippen molar-refractivity contribution in [3.8, 4) is 11.5 Å². The van der Waals surface area contributed by atoms with Gasteiger partial charge >= 0.3 is 0 Å². The van der Waals surface area contributed by atoms with Crippen LogP contribution in [-0.4, -0.2) is 58.3 Å². The van der Waals surface area contributed by atoms with Gasteiger partial charge in [-0.1, -0.05) is 13.0 Å². The van der Waals surface area contributed by atoms with Gasteiger partial charge in [-0.25, -0.2) is 0 Å². The molecule has 0 atom stereocenters. The zero-order valence-electron chi connectivity index (χ0n) is 16.0. The molecule has 1 aromatic carbocycles. The van der Waals surface area contributed by atoms with Gasteiger partial charge in [-0.15, -0.1) is 0 Å². The molecule has 2 N–H and O–H groups in total. The lowest BCUT2D eigenvalue weighted by atomic mass is 9.99. The molecule has 0 radical (unpaired) electrons. The summed E-state index contributed by atoms with van der Waals surface area (Å²) in [5, 5.41) is 6.73. The fourth-order valence-electron chi connectivity index (χ4n) is 3.02. The minimum atomic E-state index is 0.682. The Morgan fingerprint density at radius 3 is 2.52 bits per heavy atom. The van der Waals surface area contributed by atoms with E-state index in [1.807, 2.05) is 18.2 Å². The Morgan fingerprint density at radius 2 is 1.88 bits per heavy atom. The van der Waals surface area contributed by atoms with E-state index in [4.69, 9.17) is 9.47 Å². The summed E-state index contributed by atoms with van der Waals surface area (Å²) >= 11 is 0. The monoisotopic (exact) mass is 348 g/mol. The van der Waals surface area contributed by atoms with Crippen molar-refractivity contribution in [1.29, 1.82) is 0 Å². The molecule has 0 amide bonds. The molecular formula is C19H32N4O2. The van der Waals surface area contributed by atoms with Crippen LogP contribution in [0.15, 0.2) is 23.2 Å². The number of ether oxygens (including phenoxy) is 2. The highest BCUT2D eigenvalue weighted by Gasteiger charge is 2.15. The third-order valence-corrected chi connectivity index (χ3v) is 4.73. The van der Waals surface area contributed by atoms with Crippen molar-refractivity contribution in [3.05, 3.63) is 23.8 Å². The molecular weight excluding hydrogens is 316 g/mol. The third kappa shape index (κ3) is 6.12. The number of guanidine groups is 1. The Morgan fingerprint density at radius 1 is 1.16 bits per heavy atom. The summed E-state index contributed by atoms with van der Waals surface area (Å²) in [6, 6.07) is 5.92. The number of aliphatic imine (C=N–C) groups is 1. The molecule has 25 heavy (non-hydrogen) atoms. The first-order chi connectivity index (χ1) is 12.2. The highest BCUT2D eigenvalue weighted by atomic mass is 16.5. The molecule has 1 aliphatic rings. The van der Waals surface area contributed by atoms with Gasteiger partial charge in [0.1, 0.15) is 0 Å². The van der Waals surface area contributed by atoms with Crippen molar-refractivity contribution in [2.75, 3.05) is 47.4 Å². The Bertz CT molecular complexity index is 554. The molecule has 1 aromatic rings. The number of nitrogens with one attached hydrogen (secondary N) is 2. The summed E-state index contributed by atoms with van der Waals surface area (Å²) in [5.41, 5.74) is 1.12. The summed E-state index contributed by atoms with van der Waals surface area (Å²) < 4.78 is 10.6. The van der Waals surface area contributed by atoms with E-state index in [9.17, 15) is 0 Å². The molecule has 0 aliphatic carbocycles. The van der Waals surface area contributed by atoms with Crippen LogP contribution < -0.4 is 20.1 Å². The highest BCUT2D eigenvalue weighted by Crippen LogP contribution is 2.27. The molecule has 1 aliphatic heterocycles. The molecule has 140 valence electrons. The largest absolute Gasteiger partial charge is 0.493 e.